The molecule has 0 atom stereocenters. The summed E-state index contributed by atoms with van der Waals surface area (Å²) in [6.45, 7) is 0. The van der Waals surface area contributed by atoms with Gasteiger partial charge in [0.25, 0.3) is 0 Å². The third-order valence-electron chi connectivity index (χ3n) is 3.72. The van der Waals surface area contributed by atoms with Crippen molar-refractivity contribution in [3.8, 4) is 17.1 Å². The number of fused-ring (bicyclic) bond motifs is 1. The van der Waals surface area contributed by atoms with Crippen LogP contribution in [0.25, 0.3) is 28.1 Å². The van der Waals surface area contributed by atoms with Crippen LogP contribution < -0.4 is 0 Å². The number of benzene rings is 2. The van der Waals surface area contributed by atoms with Crippen LogP contribution in [0.1, 0.15) is 0 Å². The normalized spacial score (nSPS) is 10.8. The molecule has 4 rings (SSSR count). The van der Waals surface area contributed by atoms with E-state index in [1.807, 2.05) is 11.6 Å². The molecule has 0 saturated carbocycles. The number of hydrogen-bond acceptors (Lipinski definition) is 2. The van der Waals surface area contributed by atoms with Gasteiger partial charge < -0.3 is 9.13 Å². The van der Waals surface area contributed by atoms with E-state index >= 15 is 0 Å². The van der Waals surface area contributed by atoms with E-state index in [-0.39, 0.29) is 25.8 Å². The summed E-state index contributed by atoms with van der Waals surface area (Å²) < 4.78 is 31.4. The summed E-state index contributed by atoms with van der Waals surface area (Å²) in [6, 6.07) is 10.4. The van der Waals surface area contributed by atoms with Gasteiger partial charge in [-0.3, -0.25) is 9.97 Å². The number of halogens is 2. The van der Waals surface area contributed by atoms with Crippen LogP contribution in [-0.4, -0.2) is 19.1 Å². The van der Waals surface area contributed by atoms with E-state index in [1.165, 1.54) is 35.2 Å². The summed E-state index contributed by atoms with van der Waals surface area (Å²) >= 11 is 0. The Balaban J connectivity index is 0.00000169. The maximum Gasteiger partial charge on any atom is 0.149 e. The zero-order valence-electron chi connectivity index (χ0n) is 12.5. The summed E-state index contributed by atoms with van der Waals surface area (Å²) in [7, 11) is 1.89. The molecule has 0 spiro atoms. The molecule has 0 saturated heterocycles. The minimum absolute atomic E-state index is 0. The van der Waals surface area contributed by atoms with Crippen LogP contribution in [0.5, 0.6) is 0 Å². The maximum atomic E-state index is 14.1. The van der Waals surface area contributed by atoms with Crippen LogP contribution >= 0.6 is 0 Å². The second kappa shape index (κ2) is 6.26. The molecule has 0 aliphatic carbocycles. The first-order valence-electron chi connectivity index (χ1n) is 6.96. The fourth-order valence-electron chi connectivity index (χ4n) is 2.60. The average molecular weight is 502 g/mol. The van der Waals surface area contributed by atoms with Crippen molar-refractivity contribution in [3.63, 3.8) is 0 Å². The van der Waals surface area contributed by atoms with Crippen LogP contribution in [0.3, 0.4) is 0 Å². The Morgan fingerprint density at radius 3 is 2.62 bits per heavy atom. The third-order valence-corrected chi connectivity index (χ3v) is 3.72. The maximum absolute atomic E-state index is 14.1. The van der Waals surface area contributed by atoms with Gasteiger partial charge in [-0.1, -0.05) is 6.07 Å². The van der Waals surface area contributed by atoms with Crippen LogP contribution in [-0.2, 0) is 27.2 Å². The van der Waals surface area contributed by atoms with Crippen LogP contribution in [0.2, 0.25) is 0 Å². The largest absolute Gasteiger partial charge is 0.373 e. The summed E-state index contributed by atoms with van der Waals surface area (Å²) in [5, 5.41) is 0. The molecule has 2 heterocycles. The van der Waals surface area contributed by atoms with Gasteiger partial charge >= 0.3 is 0 Å². The first-order chi connectivity index (χ1) is 11.1. The van der Waals surface area contributed by atoms with Crippen molar-refractivity contribution in [2.45, 2.75) is 0 Å². The van der Waals surface area contributed by atoms with E-state index in [0.29, 0.717) is 11.4 Å². The molecular weight excluding hydrogens is 490 g/mol. The Kier molecular flexibility index (Phi) is 4.30. The van der Waals surface area contributed by atoms with Gasteiger partial charge in [-0.25, -0.2) is 8.78 Å². The number of rotatable bonds is 2. The first-order valence-corrected chi connectivity index (χ1v) is 6.96. The molecule has 123 valence electrons. The van der Waals surface area contributed by atoms with Gasteiger partial charge in [-0.15, -0.1) is 23.8 Å². The number of para-hydroxylation sites is 1. The molecule has 0 aliphatic heterocycles. The van der Waals surface area contributed by atoms with E-state index in [2.05, 4.69) is 16.0 Å². The zero-order chi connectivity index (χ0) is 16.0. The predicted molar refractivity (Wildman–Crippen MR) is 82.0 cm³/mol. The van der Waals surface area contributed by atoms with Crippen LogP contribution in [0.4, 0.5) is 8.78 Å². The molecule has 1 radical (unpaired) electrons. The number of imidazole rings is 2. The van der Waals surface area contributed by atoms with Gasteiger partial charge in [0.15, 0.2) is 0 Å². The van der Waals surface area contributed by atoms with Crippen LogP contribution in [0.15, 0.2) is 49.1 Å². The van der Waals surface area contributed by atoms with Crippen molar-refractivity contribution in [1.29, 1.82) is 0 Å². The molecule has 4 nitrogen and oxygen atoms in total. The van der Waals surface area contributed by atoms with Crippen molar-refractivity contribution in [2.75, 3.05) is 0 Å². The molecule has 0 unspecified atom stereocenters. The summed E-state index contributed by atoms with van der Waals surface area (Å²) in [5.74, 6) is -0.895. The molecular formula is C17H11F2IrN4-. The van der Waals surface area contributed by atoms with Gasteiger partial charge in [-0.05, 0) is 17.6 Å². The molecule has 7 heteroatoms. The quantitative estimate of drug-likeness (QED) is 0.395. The molecule has 4 aromatic rings. The third kappa shape index (κ3) is 2.56. The minimum Gasteiger partial charge on any atom is -0.373 e. The SMILES string of the molecule is Cn1cnc2cc(-c3nccn3-c3c(F)cccc3F)[c-]cc21.[Ir]. The molecule has 2 aromatic heterocycles. The standard InChI is InChI=1S/C17H11F2N4.Ir/c1-22-10-21-14-9-11(5-6-15(14)22)17-20-7-8-23(17)16-12(18)3-2-4-13(16)19;/h2-4,6-10H,1H3;/q-1;. The number of hydrogen-bond donors (Lipinski definition) is 0. The van der Waals surface area contributed by atoms with Gasteiger partial charge in [-0.2, -0.15) is 0 Å². The predicted octanol–water partition coefficient (Wildman–Crippen LogP) is 3.50. The molecule has 0 fully saturated rings. The molecule has 0 amide bonds. The molecule has 0 bridgehead atoms. The molecule has 0 N–H and O–H groups in total. The topological polar surface area (TPSA) is 35.6 Å². The van der Waals surface area contributed by atoms with E-state index in [4.69, 9.17) is 0 Å². The van der Waals surface area contributed by atoms with E-state index in [9.17, 15) is 8.78 Å². The smallest absolute Gasteiger partial charge is 0.149 e. The zero-order valence-corrected chi connectivity index (χ0v) is 14.9. The van der Waals surface area contributed by atoms with Gasteiger partial charge in [0.2, 0.25) is 0 Å². The molecule has 0 aliphatic rings. The fourth-order valence-corrected chi connectivity index (χ4v) is 2.60. The van der Waals surface area contributed by atoms with Gasteiger partial charge in [0.1, 0.15) is 17.3 Å². The number of nitrogens with zero attached hydrogens (tertiary/aromatic N) is 4. The van der Waals surface area contributed by atoms with Crippen molar-refractivity contribution in [3.05, 3.63) is 66.8 Å². The minimum atomic E-state index is -0.650. The van der Waals surface area contributed by atoms with Crippen molar-refractivity contribution in [1.82, 2.24) is 19.1 Å². The summed E-state index contributed by atoms with van der Waals surface area (Å²) in [6.07, 6.45) is 4.72. The second-order valence-corrected chi connectivity index (χ2v) is 5.16. The van der Waals surface area contributed by atoms with Gasteiger partial charge in [0.05, 0.1) is 12.2 Å². The summed E-state index contributed by atoms with van der Waals surface area (Å²) in [5.41, 5.74) is 2.15. The van der Waals surface area contributed by atoms with E-state index in [1.54, 1.807) is 18.5 Å². The second-order valence-electron chi connectivity index (χ2n) is 5.16. The number of aryl methyl sites for hydroxylation is 1. The van der Waals surface area contributed by atoms with E-state index < -0.39 is 11.6 Å². The van der Waals surface area contributed by atoms with E-state index in [0.717, 1.165) is 11.0 Å². The van der Waals surface area contributed by atoms with Crippen molar-refractivity contribution < 1.29 is 28.9 Å². The Labute approximate surface area is 150 Å². The average Bonchev–Trinajstić information content (AvgIpc) is 3.14. The first kappa shape index (κ1) is 16.5. The molecule has 2 aromatic carbocycles. The van der Waals surface area contributed by atoms with Crippen molar-refractivity contribution >= 4 is 11.0 Å². The number of aromatic nitrogens is 4. The Hall–Kier alpha value is -2.37. The monoisotopic (exact) mass is 502 g/mol. The van der Waals surface area contributed by atoms with Gasteiger partial charge in [0, 0.05) is 45.1 Å². The van der Waals surface area contributed by atoms with Crippen LogP contribution in [0, 0.1) is 17.7 Å². The Morgan fingerprint density at radius 2 is 1.88 bits per heavy atom. The van der Waals surface area contributed by atoms with Crippen molar-refractivity contribution in [2.24, 2.45) is 7.05 Å². The Morgan fingerprint density at radius 1 is 1.12 bits per heavy atom. The fraction of sp³-hybridized carbons (Fsp3) is 0.0588. The Bertz CT molecular complexity index is 1000. The molecule has 24 heavy (non-hydrogen) atoms. The summed E-state index contributed by atoms with van der Waals surface area (Å²) in [4.78, 5) is 8.51.